The summed E-state index contributed by atoms with van der Waals surface area (Å²) < 4.78 is 5.84. The molecule has 1 atom stereocenters. The van der Waals surface area contributed by atoms with E-state index in [1.165, 1.54) is 0 Å². The number of likely N-dealkylation sites (N-methyl/N-ethyl adjacent to an activating group) is 1. The average molecular weight is 351 g/mol. The Morgan fingerprint density at radius 3 is 2.32 bits per heavy atom. The zero-order valence-electron chi connectivity index (χ0n) is 16.1. The number of unbranched alkanes of at least 4 members (excludes halogenated alkanes) is 3. The standard InChI is InChI=1S/C20H33NO4/c1-5-6-7-8-9-10-11-12-13-14-15-20(24)25-18(16-19(22)23)17-21(2,3)4/h5-10,18H,11-17H2,1-4H3/b6-5+,8-7+,10-9+. The number of esters is 1. The molecule has 0 rings (SSSR count). The van der Waals surface area contributed by atoms with Crippen molar-refractivity contribution in [2.45, 2.75) is 51.6 Å². The van der Waals surface area contributed by atoms with Gasteiger partial charge in [-0.3, -0.25) is 4.79 Å². The van der Waals surface area contributed by atoms with Crippen molar-refractivity contribution in [3.63, 3.8) is 0 Å². The smallest absolute Gasteiger partial charge is 0.306 e. The van der Waals surface area contributed by atoms with Crippen LogP contribution in [0, 0.1) is 0 Å². The molecule has 1 unspecified atom stereocenters. The molecule has 0 radical (unpaired) electrons. The maximum absolute atomic E-state index is 11.9. The zero-order valence-corrected chi connectivity index (χ0v) is 16.1. The fourth-order valence-corrected chi connectivity index (χ4v) is 2.31. The number of allylic oxidation sites excluding steroid dienone is 6. The summed E-state index contributed by atoms with van der Waals surface area (Å²) in [5.41, 5.74) is 0. The Hall–Kier alpha value is -1.88. The number of hydrogen-bond acceptors (Lipinski definition) is 4. The Bertz CT molecular complexity index is 473. The van der Waals surface area contributed by atoms with Crippen LogP contribution in [0.25, 0.3) is 0 Å². The van der Waals surface area contributed by atoms with Gasteiger partial charge in [0.1, 0.15) is 6.54 Å². The van der Waals surface area contributed by atoms with Crippen LogP contribution in [0.2, 0.25) is 0 Å². The highest BCUT2D eigenvalue weighted by Gasteiger charge is 2.22. The summed E-state index contributed by atoms with van der Waals surface area (Å²) in [6, 6.07) is 0. The van der Waals surface area contributed by atoms with Gasteiger partial charge in [0, 0.05) is 18.8 Å². The minimum Gasteiger partial charge on any atom is -0.550 e. The van der Waals surface area contributed by atoms with E-state index < -0.39 is 12.1 Å². The minimum absolute atomic E-state index is 0.257. The molecule has 0 fully saturated rings. The molecular weight excluding hydrogens is 318 g/mol. The van der Waals surface area contributed by atoms with Gasteiger partial charge in [0.15, 0.2) is 6.10 Å². The lowest BCUT2D eigenvalue weighted by molar-refractivity contribution is -0.873. The van der Waals surface area contributed by atoms with Gasteiger partial charge in [0.25, 0.3) is 0 Å². The van der Waals surface area contributed by atoms with Crippen LogP contribution in [0.15, 0.2) is 36.5 Å². The molecule has 0 aromatic heterocycles. The molecule has 0 aromatic carbocycles. The quantitative estimate of drug-likeness (QED) is 0.221. The molecule has 142 valence electrons. The molecular formula is C20H33NO4. The van der Waals surface area contributed by atoms with Gasteiger partial charge in [-0.05, 0) is 26.2 Å². The van der Waals surface area contributed by atoms with Crippen molar-refractivity contribution in [1.82, 2.24) is 0 Å². The number of aliphatic carboxylic acids is 1. The van der Waals surface area contributed by atoms with E-state index in [-0.39, 0.29) is 12.4 Å². The normalized spacial score (nSPS) is 13.8. The molecule has 0 saturated heterocycles. The van der Waals surface area contributed by atoms with E-state index in [9.17, 15) is 14.7 Å². The third-order valence-electron chi connectivity index (χ3n) is 3.36. The number of hydrogen-bond donors (Lipinski definition) is 0. The summed E-state index contributed by atoms with van der Waals surface area (Å²) in [5, 5.41) is 10.8. The Labute approximate surface area is 152 Å². The molecule has 0 aliphatic heterocycles. The molecule has 0 N–H and O–H groups in total. The van der Waals surface area contributed by atoms with Crippen LogP contribution < -0.4 is 5.11 Å². The average Bonchev–Trinajstić information content (AvgIpc) is 2.46. The summed E-state index contributed by atoms with van der Waals surface area (Å²) in [6.45, 7) is 2.42. The largest absolute Gasteiger partial charge is 0.550 e. The summed E-state index contributed by atoms with van der Waals surface area (Å²) in [5.74, 6) is -1.52. The van der Waals surface area contributed by atoms with Crippen molar-refractivity contribution in [2.24, 2.45) is 0 Å². The molecule has 25 heavy (non-hydrogen) atoms. The first kappa shape index (κ1) is 23.1. The summed E-state index contributed by atoms with van der Waals surface area (Å²) in [4.78, 5) is 22.7. The molecule has 0 aromatic rings. The van der Waals surface area contributed by atoms with Gasteiger partial charge in [0.2, 0.25) is 0 Å². The van der Waals surface area contributed by atoms with Gasteiger partial charge < -0.3 is 19.1 Å². The van der Waals surface area contributed by atoms with Crippen LogP contribution in [0.5, 0.6) is 0 Å². The van der Waals surface area contributed by atoms with Gasteiger partial charge in [-0.15, -0.1) is 0 Å². The van der Waals surface area contributed by atoms with Gasteiger partial charge in [-0.2, -0.15) is 0 Å². The Morgan fingerprint density at radius 1 is 1.04 bits per heavy atom. The molecule has 0 bridgehead atoms. The van der Waals surface area contributed by atoms with Gasteiger partial charge in [0.05, 0.1) is 21.1 Å². The van der Waals surface area contributed by atoms with Gasteiger partial charge >= 0.3 is 5.97 Å². The summed E-state index contributed by atoms with van der Waals surface area (Å²) >= 11 is 0. The predicted octanol–water partition coefficient (Wildman–Crippen LogP) is 2.38. The topological polar surface area (TPSA) is 66.4 Å². The molecule has 0 saturated carbocycles. The van der Waals surface area contributed by atoms with E-state index >= 15 is 0 Å². The first-order chi connectivity index (χ1) is 11.7. The van der Waals surface area contributed by atoms with Crippen molar-refractivity contribution >= 4 is 11.9 Å². The second-order valence-corrected chi connectivity index (χ2v) is 7.10. The number of carbonyl (C=O) groups is 2. The molecule has 0 aliphatic carbocycles. The first-order valence-corrected chi connectivity index (χ1v) is 8.89. The number of carboxylic acid groups (broad SMARTS) is 1. The molecule has 0 aliphatic rings. The van der Waals surface area contributed by atoms with Crippen LogP contribution in [0.3, 0.4) is 0 Å². The summed E-state index contributed by atoms with van der Waals surface area (Å²) in [7, 11) is 5.78. The zero-order chi connectivity index (χ0) is 19.1. The molecule has 5 heteroatoms. The van der Waals surface area contributed by atoms with Crippen molar-refractivity contribution < 1.29 is 23.9 Å². The highest BCUT2D eigenvalue weighted by Crippen LogP contribution is 2.09. The van der Waals surface area contributed by atoms with E-state index in [1.54, 1.807) is 0 Å². The number of quaternary nitrogens is 1. The number of carboxylic acids is 1. The molecule has 0 amide bonds. The second-order valence-electron chi connectivity index (χ2n) is 7.10. The van der Waals surface area contributed by atoms with Crippen LogP contribution >= 0.6 is 0 Å². The van der Waals surface area contributed by atoms with Crippen molar-refractivity contribution in [1.29, 1.82) is 0 Å². The van der Waals surface area contributed by atoms with E-state index in [0.717, 1.165) is 25.7 Å². The van der Waals surface area contributed by atoms with E-state index in [1.807, 2.05) is 58.4 Å². The highest BCUT2D eigenvalue weighted by molar-refractivity contribution is 5.70. The Balaban J connectivity index is 3.97. The Kier molecular flexibility index (Phi) is 12.4. The SMILES string of the molecule is C/C=C/C=C/C=C/CCCCCC(=O)OC(CC(=O)[O-])C[N+](C)(C)C. The third kappa shape index (κ3) is 16.8. The lowest BCUT2D eigenvalue weighted by atomic mass is 10.1. The fourth-order valence-electron chi connectivity index (χ4n) is 2.31. The second kappa shape index (κ2) is 13.4. The first-order valence-electron chi connectivity index (χ1n) is 8.89. The van der Waals surface area contributed by atoms with Crippen LogP contribution in [-0.4, -0.2) is 50.2 Å². The van der Waals surface area contributed by atoms with E-state index in [0.29, 0.717) is 17.4 Å². The van der Waals surface area contributed by atoms with Crippen LogP contribution in [-0.2, 0) is 14.3 Å². The predicted molar refractivity (Wildman–Crippen MR) is 98.6 cm³/mol. The Morgan fingerprint density at radius 2 is 1.72 bits per heavy atom. The van der Waals surface area contributed by atoms with Crippen LogP contribution in [0.4, 0.5) is 0 Å². The molecule has 0 heterocycles. The van der Waals surface area contributed by atoms with Crippen molar-refractivity contribution in [3.05, 3.63) is 36.5 Å². The molecule has 0 spiro atoms. The maximum atomic E-state index is 11.9. The van der Waals surface area contributed by atoms with Crippen LogP contribution in [0.1, 0.15) is 45.4 Å². The number of nitrogens with zero attached hydrogens (tertiary/aromatic N) is 1. The number of carbonyl (C=O) groups excluding carboxylic acids is 2. The third-order valence-corrected chi connectivity index (χ3v) is 3.36. The monoisotopic (exact) mass is 351 g/mol. The fraction of sp³-hybridized carbons (Fsp3) is 0.600. The highest BCUT2D eigenvalue weighted by atomic mass is 16.5. The number of ether oxygens (including phenoxy) is 1. The van der Waals surface area contributed by atoms with Gasteiger partial charge in [-0.25, -0.2) is 0 Å². The van der Waals surface area contributed by atoms with E-state index in [2.05, 4.69) is 6.08 Å². The summed E-state index contributed by atoms with van der Waals surface area (Å²) in [6.07, 6.45) is 15.2. The lowest BCUT2D eigenvalue weighted by Gasteiger charge is -2.29. The lowest BCUT2D eigenvalue weighted by Crippen LogP contribution is -2.45. The van der Waals surface area contributed by atoms with Gasteiger partial charge in [-0.1, -0.05) is 42.9 Å². The number of rotatable bonds is 13. The molecule has 5 nitrogen and oxygen atoms in total. The van der Waals surface area contributed by atoms with Crippen molar-refractivity contribution in [3.8, 4) is 0 Å². The minimum atomic E-state index is -1.19. The maximum Gasteiger partial charge on any atom is 0.306 e. The van der Waals surface area contributed by atoms with Crippen molar-refractivity contribution in [2.75, 3.05) is 27.7 Å². The van der Waals surface area contributed by atoms with E-state index in [4.69, 9.17) is 4.74 Å².